The molecule has 0 bridgehead atoms. The summed E-state index contributed by atoms with van der Waals surface area (Å²) in [6.07, 6.45) is 0. The smallest absolute Gasteiger partial charge is 0.0625 e. The van der Waals surface area contributed by atoms with E-state index >= 15 is 0 Å². The first-order valence-corrected chi connectivity index (χ1v) is 15.5. The predicted molar refractivity (Wildman–Crippen MR) is 194 cm³/mol. The van der Waals surface area contributed by atoms with Gasteiger partial charge in [-0.05, 0) is 72.9 Å². The third-order valence-corrected chi connectivity index (χ3v) is 9.17. The standard InChI is InChI=1S/C44H29N/c1-3-15-33-28-35(25-24-30(33)12-1)43-40-21-9-7-19-38(40)39-20-8-10-22-41(39)44(43)45(36-27-26-31-13-2-4-16-34(31)29-36)42-23-11-17-32-14-5-6-18-37(32)42/h1-29H. The zero-order chi connectivity index (χ0) is 29.7. The van der Waals surface area contributed by atoms with Gasteiger partial charge in [0.15, 0.2) is 0 Å². The van der Waals surface area contributed by atoms with E-state index in [1.165, 1.54) is 70.7 Å². The summed E-state index contributed by atoms with van der Waals surface area (Å²) in [4.78, 5) is 2.51. The van der Waals surface area contributed by atoms with Gasteiger partial charge >= 0.3 is 0 Å². The van der Waals surface area contributed by atoms with Crippen molar-refractivity contribution in [3.8, 4) is 11.1 Å². The number of benzene rings is 9. The maximum atomic E-state index is 2.51. The minimum Gasteiger partial charge on any atom is -0.309 e. The van der Waals surface area contributed by atoms with Crippen molar-refractivity contribution in [3.05, 3.63) is 176 Å². The first-order chi connectivity index (χ1) is 22.3. The van der Waals surface area contributed by atoms with Gasteiger partial charge in [0.2, 0.25) is 0 Å². The molecule has 0 aliphatic heterocycles. The van der Waals surface area contributed by atoms with Crippen LogP contribution in [0, 0.1) is 0 Å². The summed E-state index contributed by atoms with van der Waals surface area (Å²) in [6.45, 7) is 0. The van der Waals surface area contributed by atoms with Crippen molar-refractivity contribution in [2.75, 3.05) is 4.90 Å². The minimum absolute atomic E-state index is 1.13. The molecule has 0 aromatic heterocycles. The Labute approximate surface area is 262 Å². The number of rotatable bonds is 4. The maximum absolute atomic E-state index is 2.51. The van der Waals surface area contributed by atoms with E-state index in [1.807, 2.05) is 0 Å². The second-order valence-electron chi connectivity index (χ2n) is 11.7. The van der Waals surface area contributed by atoms with Gasteiger partial charge in [0, 0.05) is 22.0 Å². The maximum Gasteiger partial charge on any atom is 0.0625 e. The summed E-state index contributed by atoms with van der Waals surface area (Å²) in [5.74, 6) is 0. The third kappa shape index (κ3) is 4.17. The zero-order valence-corrected chi connectivity index (χ0v) is 24.7. The summed E-state index contributed by atoms with van der Waals surface area (Å²) >= 11 is 0. The molecule has 0 unspecified atom stereocenters. The molecule has 1 heteroatoms. The molecule has 0 amide bonds. The van der Waals surface area contributed by atoms with Crippen LogP contribution in [0.2, 0.25) is 0 Å². The summed E-state index contributed by atoms with van der Waals surface area (Å²) in [6, 6.07) is 64.2. The monoisotopic (exact) mass is 571 g/mol. The number of hydrogen-bond donors (Lipinski definition) is 0. The van der Waals surface area contributed by atoms with Crippen molar-refractivity contribution in [1.82, 2.24) is 0 Å². The summed E-state index contributed by atoms with van der Waals surface area (Å²) in [5, 5.41) is 12.3. The molecule has 1 nitrogen and oxygen atoms in total. The van der Waals surface area contributed by atoms with Gasteiger partial charge in [-0.1, -0.05) is 152 Å². The van der Waals surface area contributed by atoms with Crippen molar-refractivity contribution in [3.63, 3.8) is 0 Å². The van der Waals surface area contributed by atoms with Crippen LogP contribution >= 0.6 is 0 Å². The number of anilines is 3. The number of fused-ring (bicyclic) bond motifs is 6. The van der Waals surface area contributed by atoms with Gasteiger partial charge < -0.3 is 4.90 Å². The van der Waals surface area contributed by atoms with Gasteiger partial charge in [-0.2, -0.15) is 0 Å². The van der Waals surface area contributed by atoms with Gasteiger partial charge in [0.1, 0.15) is 0 Å². The normalized spacial score (nSPS) is 11.6. The Bertz CT molecular complexity index is 2550. The molecular formula is C44H29N. The molecule has 9 aromatic rings. The topological polar surface area (TPSA) is 3.24 Å². The lowest BCUT2D eigenvalue weighted by Crippen LogP contribution is -2.13. The average Bonchev–Trinajstić information content (AvgIpc) is 3.11. The van der Waals surface area contributed by atoms with Crippen LogP contribution in [0.3, 0.4) is 0 Å². The Morgan fingerprint density at radius 2 is 0.822 bits per heavy atom. The predicted octanol–water partition coefficient (Wildman–Crippen LogP) is 12.6. The van der Waals surface area contributed by atoms with Gasteiger partial charge in [-0.15, -0.1) is 0 Å². The van der Waals surface area contributed by atoms with Crippen molar-refractivity contribution >= 4 is 70.9 Å². The Morgan fingerprint density at radius 1 is 0.311 bits per heavy atom. The first-order valence-electron chi connectivity index (χ1n) is 15.5. The van der Waals surface area contributed by atoms with Gasteiger partial charge in [0.05, 0.1) is 11.4 Å². The second kappa shape index (κ2) is 10.4. The van der Waals surface area contributed by atoms with Crippen LogP contribution in [0.4, 0.5) is 17.1 Å². The van der Waals surface area contributed by atoms with Gasteiger partial charge in [0.25, 0.3) is 0 Å². The van der Waals surface area contributed by atoms with Crippen LogP contribution in [0.25, 0.3) is 65.0 Å². The van der Waals surface area contributed by atoms with E-state index in [9.17, 15) is 0 Å². The molecule has 0 N–H and O–H groups in total. The molecule has 0 heterocycles. The highest BCUT2D eigenvalue weighted by atomic mass is 15.1. The molecule has 0 spiro atoms. The van der Waals surface area contributed by atoms with E-state index in [1.54, 1.807) is 0 Å². The van der Waals surface area contributed by atoms with E-state index in [2.05, 4.69) is 181 Å². The molecule has 0 fully saturated rings. The first kappa shape index (κ1) is 25.6. The Balaban J connectivity index is 1.48. The minimum atomic E-state index is 1.13. The van der Waals surface area contributed by atoms with Crippen molar-refractivity contribution in [2.24, 2.45) is 0 Å². The lowest BCUT2D eigenvalue weighted by atomic mass is 9.89. The van der Waals surface area contributed by atoms with Crippen molar-refractivity contribution in [1.29, 1.82) is 0 Å². The quantitative estimate of drug-likeness (QED) is 0.190. The molecule has 45 heavy (non-hydrogen) atoms. The summed E-state index contributed by atoms with van der Waals surface area (Å²) in [5.41, 5.74) is 5.91. The van der Waals surface area contributed by atoms with E-state index in [0.717, 1.165) is 11.4 Å². The molecule has 0 saturated heterocycles. The average molecular weight is 572 g/mol. The molecule has 0 aliphatic carbocycles. The van der Waals surface area contributed by atoms with E-state index < -0.39 is 0 Å². The van der Waals surface area contributed by atoms with Crippen LogP contribution in [0.5, 0.6) is 0 Å². The van der Waals surface area contributed by atoms with E-state index in [-0.39, 0.29) is 0 Å². The van der Waals surface area contributed by atoms with Crippen molar-refractivity contribution < 1.29 is 0 Å². The summed E-state index contributed by atoms with van der Waals surface area (Å²) in [7, 11) is 0. The van der Waals surface area contributed by atoms with Crippen LogP contribution in [-0.4, -0.2) is 0 Å². The lowest BCUT2D eigenvalue weighted by molar-refractivity contribution is 1.32. The number of hydrogen-bond acceptors (Lipinski definition) is 1. The van der Waals surface area contributed by atoms with Crippen LogP contribution in [0.15, 0.2) is 176 Å². The van der Waals surface area contributed by atoms with Crippen LogP contribution in [-0.2, 0) is 0 Å². The van der Waals surface area contributed by atoms with Crippen LogP contribution < -0.4 is 4.90 Å². The lowest BCUT2D eigenvalue weighted by Gasteiger charge is -2.31. The van der Waals surface area contributed by atoms with Crippen LogP contribution in [0.1, 0.15) is 0 Å². The van der Waals surface area contributed by atoms with Gasteiger partial charge in [-0.3, -0.25) is 0 Å². The molecule has 9 aromatic carbocycles. The Morgan fingerprint density at radius 3 is 1.56 bits per heavy atom. The fourth-order valence-electron chi connectivity index (χ4n) is 7.10. The molecule has 0 aliphatic rings. The fourth-order valence-corrected chi connectivity index (χ4v) is 7.10. The Kier molecular flexibility index (Phi) is 5.89. The highest BCUT2D eigenvalue weighted by molar-refractivity contribution is 6.23. The summed E-state index contributed by atoms with van der Waals surface area (Å²) < 4.78 is 0. The fraction of sp³-hybridized carbons (Fsp3) is 0. The second-order valence-corrected chi connectivity index (χ2v) is 11.7. The molecule has 0 atom stereocenters. The third-order valence-electron chi connectivity index (χ3n) is 9.17. The highest BCUT2D eigenvalue weighted by Crippen LogP contribution is 2.51. The SMILES string of the molecule is c1ccc2cc(-c3c(N(c4ccc5ccccc5c4)c4cccc5ccccc45)c4ccccc4c4ccccc34)ccc2c1. The van der Waals surface area contributed by atoms with E-state index in [0.29, 0.717) is 0 Å². The molecule has 210 valence electrons. The number of nitrogens with zero attached hydrogens (tertiary/aromatic N) is 1. The molecule has 0 radical (unpaired) electrons. The van der Waals surface area contributed by atoms with Gasteiger partial charge in [-0.25, -0.2) is 0 Å². The highest BCUT2D eigenvalue weighted by Gasteiger charge is 2.24. The van der Waals surface area contributed by atoms with E-state index in [4.69, 9.17) is 0 Å². The largest absolute Gasteiger partial charge is 0.309 e. The molecule has 9 rings (SSSR count). The Hall–Kier alpha value is -5.92. The van der Waals surface area contributed by atoms with Crippen molar-refractivity contribution in [2.45, 2.75) is 0 Å². The molecule has 0 saturated carbocycles. The zero-order valence-electron chi connectivity index (χ0n) is 24.7. The molecular weight excluding hydrogens is 542 g/mol.